The first-order chi connectivity index (χ1) is 13.9. The summed E-state index contributed by atoms with van der Waals surface area (Å²) in [5.74, 6) is -0.0962. The van der Waals surface area contributed by atoms with Crippen LogP contribution < -0.4 is 5.32 Å². The van der Waals surface area contributed by atoms with Gasteiger partial charge in [-0.3, -0.25) is 4.79 Å². The molecular weight excluding hydrogens is 412 g/mol. The van der Waals surface area contributed by atoms with Crippen LogP contribution in [0.25, 0.3) is 0 Å². The van der Waals surface area contributed by atoms with Crippen molar-refractivity contribution < 1.29 is 13.2 Å². The SMILES string of the molecule is N#Cc1ccc(NC(=O)C2CCCN(C3=NS(=O)(=O)c4ccccc43)C2)cc1Cl. The van der Waals surface area contributed by atoms with E-state index >= 15 is 0 Å². The van der Waals surface area contributed by atoms with Gasteiger partial charge in [0.1, 0.15) is 11.0 Å². The highest BCUT2D eigenvalue weighted by Crippen LogP contribution is 2.30. The van der Waals surface area contributed by atoms with Crippen molar-refractivity contribution in [3.05, 3.63) is 58.6 Å². The molecule has 1 saturated heterocycles. The van der Waals surface area contributed by atoms with Crippen molar-refractivity contribution in [2.45, 2.75) is 17.7 Å². The second kappa shape index (κ2) is 7.50. The first kappa shape index (κ1) is 19.4. The second-order valence-corrected chi connectivity index (χ2v) is 8.95. The van der Waals surface area contributed by atoms with Gasteiger partial charge in [-0.1, -0.05) is 23.7 Å². The summed E-state index contributed by atoms with van der Waals surface area (Å²) >= 11 is 6.03. The normalized spacial score (nSPS) is 19.8. The fourth-order valence-corrected chi connectivity index (χ4v) is 5.08. The van der Waals surface area contributed by atoms with Crippen LogP contribution >= 0.6 is 11.6 Å². The average Bonchev–Trinajstić information content (AvgIpc) is 3.00. The van der Waals surface area contributed by atoms with Crippen molar-refractivity contribution in [1.29, 1.82) is 5.26 Å². The van der Waals surface area contributed by atoms with E-state index in [-0.39, 0.29) is 21.7 Å². The lowest BCUT2D eigenvalue weighted by Crippen LogP contribution is -2.43. The van der Waals surface area contributed by atoms with E-state index in [1.807, 2.05) is 11.0 Å². The van der Waals surface area contributed by atoms with Gasteiger partial charge in [-0.2, -0.15) is 13.7 Å². The Morgan fingerprint density at radius 3 is 2.83 bits per heavy atom. The predicted molar refractivity (Wildman–Crippen MR) is 109 cm³/mol. The topological polar surface area (TPSA) is 103 Å². The number of hydrogen-bond donors (Lipinski definition) is 1. The number of fused-ring (bicyclic) bond motifs is 1. The number of piperidine rings is 1. The van der Waals surface area contributed by atoms with E-state index in [0.29, 0.717) is 42.2 Å². The minimum Gasteiger partial charge on any atom is -0.355 e. The van der Waals surface area contributed by atoms with Crippen molar-refractivity contribution in [3.63, 3.8) is 0 Å². The van der Waals surface area contributed by atoms with E-state index < -0.39 is 10.0 Å². The minimum atomic E-state index is -3.70. The first-order valence-corrected chi connectivity index (χ1v) is 10.9. The number of sulfonamides is 1. The highest BCUT2D eigenvalue weighted by Gasteiger charge is 2.35. The van der Waals surface area contributed by atoms with E-state index in [4.69, 9.17) is 16.9 Å². The number of carbonyl (C=O) groups excluding carboxylic acids is 1. The summed E-state index contributed by atoms with van der Waals surface area (Å²) in [5, 5.41) is 12.1. The van der Waals surface area contributed by atoms with Crippen molar-refractivity contribution in [3.8, 4) is 6.07 Å². The van der Waals surface area contributed by atoms with Gasteiger partial charge in [0.2, 0.25) is 5.91 Å². The second-order valence-electron chi connectivity index (χ2n) is 6.97. The zero-order chi connectivity index (χ0) is 20.6. The first-order valence-electron chi connectivity index (χ1n) is 9.09. The smallest absolute Gasteiger partial charge is 0.285 e. The molecule has 2 heterocycles. The van der Waals surface area contributed by atoms with Crippen molar-refractivity contribution in [1.82, 2.24) is 4.90 Å². The number of anilines is 1. The molecule has 2 aromatic rings. The Morgan fingerprint density at radius 2 is 2.07 bits per heavy atom. The Hall–Kier alpha value is -2.89. The number of rotatable bonds is 2. The Labute approximate surface area is 173 Å². The van der Waals surface area contributed by atoms with Crippen LogP contribution in [0.1, 0.15) is 24.0 Å². The summed E-state index contributed by atoms with van der Waals surface area (Å²) in [4.78, 5) is 14.8. The van der Waals surface area contributed by atoms with E-state index in [1.54, 1.807) is 42.5 Å². The zero-order valence-corrected chi connectivity index (χ0v) is 16.9. The van der Waals surface area contributed by atoms with Crippen LogP contribution in [0.2, 0.25) is 5.02 Å². The van der Waals surface area contributed by atoms with Crippen LogP contribution in [0.5, 0.6) is 0 Å². The Balaban J connectivity index is 1.51. The van der Waals surface area contributed by atoms with E-state index in [9.17, 15) is 13.2 Å². The molecule has 9 heteroatoms. The molecule has 0 bridgehead atoms. The standard InChI is InChI=1S/C20H17ClN4O3S/c21-17-10-15(8-7-13(17)11-22)23-20(26)14-4-3-9-25(12-14)19-16-5-1-2-6-18(16)29(27,28)24-19/h1-2,5-8,10,14H,3-4,9,12H2,(H,23,26). The molecular formula is C20H17ClN4O3S. The molecule has 2 aliphatic rings. The third-order valence-electron chi connectivity index (χ3n) is 5.06. The third-order valence-corrected chi connectivity index (χ3v) is 6.70. The summed E-state index contributed by atoms with van der Waals surface area (Å²) in [6.07, 6.45) is 1.43. The van der Waals surface area contributed by atoms with Gasteiger partial charge in [0.05, 0.1) is 16.5 Å². The van der Waals surface area contributed by atoms with Crippen molar-refractivity contribution in [2.75, 3.05) is 18.4 Å². The monoisotopic (exact) mass is 428 g/mol. The maximum absolute atomic E-state index is 12.8. The van der Waals surface area contributed by atoms with Crippen LogP contribution in [-0.4, -0.2) is 38.2 Å². The summed E-state index contributed by atoms with van der Waals surface area (Å²) in [5.41, 5.74) is 1.43. The molecule has 1 unspecified atom stereocenters. The number of benzene rings is 2. The zero-order valence-electron chi connectivity index (χ0n) is 15.3. The molecule has 148 valence electrons. The summed E-state index contributed by atoms with van der Waals surface area (Å²) in [6, 6.07) is 13.4. The number of amidine groups is 1. The number of nitrogens with one attached hydrogen (secondary N) is 1. The van der Waals surface area contributed by atoms with Crippen LogP contribution in [0, 0.1) is 17.2 Å². The Morgan fingerprint density at radius 1 is 1.28 bits per heavy atom. The van der Waals surface area contributed by atoms with Crippen LogP contribution in [0.3, 0.4) is 0 Å². The van der Waals surface area contributed by atoms with Gasteiger partial charge in [-0.25, -0.2) is 0 Å². The molecule has 0 aromatic heterocycles. The van der Waals surface area contributed by atoms with Crippen molar-refractivity contribution >= 4 is 39.1 Å². The molecule has 1 atom stereocenters. The largest absolute Gasteiger partial charge is 0.355 e. The number of nitriles is 1. The quantitative estimate of drug-likeness (QED) is 0.791. The van der Waals surface area contributed by atoms with Gasteiger partial charge in [0.15, 0.2) is 5.84 Å². The molecule has 2 aromatic carbocycles. The number of carbonyl (C=O) groups is 1. The number of amides is 1. The molecule has 1 N–H and O–H groups in total. The molecule has 1 fully saturated rings. The predicted octanol–water partition coefficient (Wildman–Crippen LogP) is 3.01. The van der Waals surface area contributed by atoms with Crippen LogP contribution in [0.15, 0.2) is 51.8 Å². The third kappa shape index (κ3) is 3.71. The maximum Gasteiger partial charge on any atom is 0.285 e. The molecule has 2 aliphatic heterocycles. The molecule has 4 rings (SSSR count). The van der Waals surface area contributed by atoms with E-state index in [1.165, 1.54) is 0 Å². The van der Waals surface area contributed by atoms with Gasteiger partial charge in [-0.15, -0.1) is 4.40 Å². The lowest BCUT2D eigenvalue weighted by Gasteiger charge is -2.33. The fourth-order valence-electron chi connectivity index (χ4n) is 3.63. The van der Waals surface area contributed by atoms with Gasteiger partial charge < -0.3 is 10.2 Å². The van der Waals surface area contributed by atoms with E-state index in [2.05, 4.69) is 9.71 Å². The molecule has 29 heavy (non-hydrogen) atoms. The van der Waals surface area contributed by atoms with Gasteiger partial charge >= 0.3 is 0 Å². The molecule has 0 saturated carbocycles. The fraction of sp³-hybridized carbons (Fsp3) is 0.250. The lowest BCUT2D eigenvalue weighted by atomic mass is 9.96. The summed E-state index contributed by atoms with van der Waals surface area (Å²) < 4.78 is 28.6. The van der Waals surface area contributed by atoms with Crippen LogP contribution in [0.4, 0.5) is 5.69 Å². The average molecular weight is 429 g/mol. The summed E-state index contributed by atoms with van der Waals surface area (Å²) in [6.45, 7) is 1.01. The van der Waals surface area contributed by atoms with E-state index in [0.717, 1.165) is 6.42 Å². The summed E-state index contributed by atoms with van der Waals surface area (Å²) in [7, 11) is -3.70. The highest BCUT2D eigenvalue weighted by atomic mass is 35.5. The lowest BCUT2D eigenvalue weighted by molar-refractivity contribution is -0.121. The van der Waals surface area contributed by atoms with Crippen LogP contribution in [-0.2, 0) is 14.8 Å². The molecule has 0 radical (unpaired) electrons. The van der Waals surface area contributed by atoms with Gasteiger partial charge in [0.25, 0.3) is 10.0 Å². The number of hydrogen-bond acceptors (Lipinski definition) is 5. The van der Waals surface area contributed by atoms with Gasteiger partial charge in [-0.05, 0) is 43.2 Å². The Bertz CT molecular complexity index is 1170. The molecule has 0 spiro atoms. The molecule has 1 amide bonds. The minimum absolute atomic E-state index is 0.176. The maximum atomic E-state index is 12.8. The Kier molecular flexibility index (Phi) is 5.03. The highest BCUT2D eigenvalue weighted by molar-refractivity contribution is 7.90. The number of likely N-dealkylation sites (tertiary alicyclic amines) is 1. The molecule has 0 aliphatic carbocycles. The van der Waals surface area contributed by atoms with Gasteiger partial charge in [0, 0.05) is 24.3 Å². The number of halogens is 1. The number of nitrogens with zero attached hydrogens (tertiary/aromatic N) is 3. The molecule has 7 nitrogen and oxygen atoms in total. The van der Waals surface area contributed by atoms with Crippen molar-refractivity contribution in [2.24, 2.45) is 10.3 Å².